The summed E-state index contributed by atoms with van der Waals surface area (Å²) in [5.74, 6) is 0.456. The number of benzene rings is 1. The maximum absolute atomic E-state index is 11.7. The SMILES string of the molecule is COC(=O)c1csc(/C(=C\CSSC)c2c[nH]c3ccccc23)n1. The fourth-order valence-electron chi connectivity index (χ4n) is 2.39. The van der Waals surface area contributed by atoms with Crippen LogP contribution in [0, 0.1) is 0 Å². The van der Waals surface area contributed by atoms with Crippen molar-refractivity contribution in [3.05, 3.63) is 58.2 Å². The molecule has 0 aliphatic heterocycles. The molecule has 124 valence electrons. The fourth-order valence-corrected chi connectivity index (χ4v) is 4.21. The van der Waals surface area contributed by atoms with E-state index in [0.29, 0.717) is 5.69 Å². The number of hydrogen-bond acceptors (Lipinski definition) is 6. The molecular formula is C17H16N2O2S3. The van der Waals surface area contributed by atoms with Crippen LogP contribution >= 0.6 is 32.9 Å². The standard InChI is InChI=1S/C17H16N2O2S3/c1-21-17(20)15-10-23-16(19-15)12(7-8-24-22-2)13-9-18-14-6-4-3-5-11(13)14/h3-7,9-10,18H,8H2,1-2H3/b12-7-. The molecule has 1 aromatic carbocycles. The zero-order valence-corrected chi connectivity index (χ0v) is 15.7. The molecule has 1 N–H and O–H groups in total. The van der Waals surface area contributed by atoms with Crippen LogP contribution in [-0.4, -0.2) is 35.1 Å². The monoisotopic (exact) mass is 376 g/mol. The number of ether oxygens (including phenoxy) is 1. The molecule has 0 fully saturated rings. The van der Waals surface area contributed by atoms with Gasteiger partial charge in [-0.1, -0.05) is 45.9 Å². The van der Waals surface area contributed by atoms with Gasteiger partial charge in [0.25, 0.3) is 0 Å². The number of carbonyl (C=O) groups excluding carboxylic acids is 1. The van der Waals surface area contributed by atoms with Gasteiger partial charge in [0.1, 0.15) is 5.01 Å². The number of esters is 1. The molecule has 4 nitrogen and oxygen atoms in total. The van der Waals surface area contributed by atoms with E-state index < -0.39 is 5.97 Å². The number of aromatic amines is 1. The van der Waals surface area contributed by atoms with E-state index >= 15 is 0 Å². The van der Waals surface area contributed by atoms with Crippen LogP contribution in [0.15, 0.2) is 41.9 Å². The molecule has 0 radical (unpaired) electrons. The van der Waals surface area contributed by atoms with E-state index in [1.165, 1.54) is 18.4 Å². The third-order valence-electron chi connectivity index (χ3n) is 3.48. The van der Waals surface area contributed by atoms with Crippen LogP contribution in [0.3, 0.4) is 0 Å². The van der Waals surface area contributed by atoms with Crippen molar-refractivity contribution in [2.75, 3.05) is 19.1 Å². The second-order valence-electron chi connectivity index (χ2n) is 4.85. The molecule has 0 saturated heterocycles. The first kappa shape index (κ1) is 17.1. The first-order valence-electron chi connectivity index (χ1n) is 7.21. The average Bonchev–Trinajstić information content (AvgIpc) is 3.26. The van der Waals surface area contributed by atoms with E-state index in [4.69, 9.17) is 4.74 Å². The van der Waals surface area contributed by atoms with Crippen LogP contribution < -0.4 is 0 Å². The summed E-state index contributed by atoms with van der Waals surface area (Å²) in [5, 5.41) is 3.71. The van der Waals surface area contributed by atoms with Crippen molar-refractivity contribution in [2.45, 2.75) is 0 Å². The van der Waals surface area contributed by atoms with Crippen LogP contribution in [0.5, 0.6) is 0 Å². The van der Waals surface area contributed by atoms with Crippen LogP contribution in [0.4, 0.5) is 0 Å². The number of fused-ring (bicyclic) bond motifs is 1. The van der Waals surface area contributed by atoms with Crippen LogP contribution in [0.25, 0.3) is 16.5 Å². The van der Waals surface area contributed by atoms with Gasteiger partial charge in [0.05, 0.1) is 7.11 Å². The second-order valence-corrected chi connectivity index (χ2v) is 8.31. The summed E-state index contributed by atoms with van der Waals surface area (Å²) in [5.41, 5.74) is 3.56. The topological polar surface area (TPSA) is 55.0 Å². The van der Waals surface area contributed by atoms with Gasteiger partial charge in [0.15, 0.2) is 5.69 Å². The molecule has 0 saturated carbocycles. The summed E-state index contributed by atoms with van der Waals surface area (Å²) < 4.78 is 4.76. The summed E-state index contributed by atoms with van der Waals surface area (Å²) in [6, 6.07) is 8.17. The molecule has 0 bridgehead atoms. The molecule has 24 heavy (non-hydrogen) atoms. The first-order chi connectivity index (χ1) is 11.7. The highest BCUT2D eigenvalue weighted by molar-refractivity contribution is 8.76. The van der Waals surface area contributed by atoms with Crippen molar-refractivity contribution in [2.24, 2.45) is 0 Å². The Morgan fingerprint density at radius 2 is 2.25 bits per heavy atom. The van der Waals surface area contributed by atoms with Crippen LogP contribution in [0.2, 0.25) is 0 Å². The Balaban J connectivity index is 2.05. The highest BCUT2D eigenvalue weighted by Gasteiger charge is 2.17. The van der Waals surface area contributed by atoms with E-state index in [9.17, 15) is 4.79 Å². The Hall–Kier alpha value is -1.70. The molecule has 0 unspecified atom stereocenters. The second kappa shape index (κ2) is 7.92. The van der Waals surface area contributed by atoms with Gasteiger partial charge in [0, 0.05) is 39.4 Å². The fraction of sp³-hybridized carbons (Fsp3) is 0.176. The van der Waals surface area contributed by atoms with Gasteiger partial charge in [-0.3, -0.25) is 0 Å². The summed E-state index contributed by atoms with van der Waals surface area (Å²) in [7, 11) is 4.86. The van der Waals surface area contributed by atoms with Gasteiger partial charge in [0.2, 0.25) is 0 Å². The molecule has 0 aliphatic rings. The predicted molar refractivity (Wildman–Crippen MR) is 105 cm³/mol. The largest absolute Gasteiger partial charge is 0.464 e. The molecule has 2 aromatic heterocycles. The quantitative estimate of drug-likeness (QED) is 0.378. The Morgan fingerprint density at radius 1 is 1.42 bits per heavy atom. The summed E-state index contributed by atoms with van der Waals surface area (Å²) in [4.78, 5) is 19.5. The number of nitrogens with one attached hydrogen (secondary N) is 1. The molecule has 0 aliphatic carbocycles. The molecule has 3 rings (SSSR count). The molecule has 0 amide bonds. The zero-order valence-electron chi connectivity index (χ0n) is 13.2. The summed E-state index contributed by atoms with van der Waals surface area (Å²) in [6.07, 6.45) is 6.22. The third kappa shape index (κ3) is 3.53. The number of hydrogen-bond donors (Lipinski definition) is 1. The third-order valence-corrected chi connectivity index (χ3v) is 6.01. The normalized spacial score (nSPS) is 11.8. The summed E-state index contributed by atoms with van der Waals surface area (Å²) >= 11 is 1.46. The molecule has 2 heterocycles. The van der Waals surface area contributed by atoms with Crippen molar-refractivity contribution in [1.82, 2.24) is 9.97 Å². The smallest absolute Gasteiger partial charge is 0.357 e. The first-order valence-corrected chi connectivity index (χ1v) is 10.8. The summed E-state index contributed by atoms with van der Waals surface area (Å²) in [6.45, 7) is 0. The van der Waals surface area contributed by atoms with Gasteiger partial charge < -0.3 is 9.72 Å². The maximum atomic E-state index is 11.7. The minimum Gasteiger partial charge on any atom is -0.464 e. The van der Waals surface area contributed by atoms with E-state index in [1.54, 1.807) is 27.0 Å². The van der Waals surface area contributed by atoms with E-state index in [0.717, 1.165) is 32.8 Å². The average molecular weight is 377 g/mol. The highest BCUT2D eigenvalue weighted by Crippen LogP contribution is 2.33. The lowest BCUT2D eigenvalue weighted by atomic mass is 10.1. The molecule has 0 atom stereocenters. The van der Waals surface area contributed by atoms with Crippen molar-refractivity contribution >= 4 is 55.4 Å². The molecular weight excluding hydrogens is 360 g/mol. The van der Waals surface area contributed by atoms with Crippen molar-refractivity contribution < 1.29 is 9.53 Å². The Kier molecular flexibility index (Phi) is 5.65. The molecule has 7 heteroatoms. The van der Waals surface area contributed by atoms with Crippen LogP contribution in [0.1, 0.15) is 21.1 Å². The Labute approximate surface area is 152 Å². The van der Waals surface area contributed by atoms with Crippen LogP contribution in [-0.2, 0) is 4.74 Å². The van der Waals surface area contributed by atoms with E-state index in [2.05, 4.69) is 34.4 Å². The van der Waals surface area contributed by atoms with Crippen molar-refractivity contribution in [1.29, 1.82) is 0 Å². The van der Waals surface area contributed by atoms with Gasteiger partial charge in [-0.25, -0.2) is 9.78 Å². The Morgan fingerprint density at radius 3 is 3.04 bits per heavy atom. The maximum Gasteiger partial charge on any atom is 0.357 e. The van der Waals surface area contributed by atoms with Crippen molar-refractivity contribution in [3.63, 3.8) is 0 Å². The number of carbonyl (C=O) groups is 1. The van der Waals surface area contributed by atoms with E-state index in [-0.39, 0.29) is 0 Å². The number of para-hydroxylation sites is 1. The van der Waals surface area contributed by atoms with Crippen molar-refractivity contribution in [3.8, 4) is 0 Å². The lowest BCUT2D eigenvalue weighted by Crippen LogP contribution is -2.01. The minimum absolute atomic E-state index is 0.348. The lowest BCUT2D eigenvalue weighted by Gasteiger charge is -2.04. The van der Waals surface area contributed by atoms with Gasteiger partial charge >= 0.3 is 5.97 Å². The zero-order chi connectivity index (χ0) is 16.9. The number of methoxy groups -OCH3 is 1. The number of nitrogens with zero attached hydrogens (tertiary/aromatic N) is 1. The van der Waals surface area contributed by atoms with E-state index in [1.807, 2.05) is 18.3 Å². The lowest BCUT2D eigenvalue weighted by molar-refractivity contribution is 0.0595. The number of H-pyrrole nitrogens is 1. The van der Waals surface area contributed by atoms with Gasteiger partial charge in [-0.15, -0.1) is 11.3 Å². The number of rotatable bonds is 6. The van der Waals surface area contributed by atoms with Gasteiger partial charge in [-0.05, 0) is 12.3 Å². The molecule has 3 aromatic rings. The predicted octanol–water partition coefficient (Wildman–Crippen LogP) is 4.85. The number of thiazole rings is 1. The van der Waals surface area contributed by atoms with Gasteiger partial charge in [-0.2, -0.15) is 0 Å². The molecule has 0 spiro atoms. The highest BCUT2D eigenvalue weighted by atomic mass is 33.1. The minimum atomic E-state index is -0.408. The Bertz CT molecular complexity index is 883. The number of aromatic nitrogens is 2.